The molecular weight excluding hydrogens is 412 g/mol. The van der Waals surface area contributed by atoms with E-state index < -0.39 is 15.9 Å². The number of methoxy groups -OCH3 is 1. The molecule has 0 fully saturated rings. The van der Waals surface area contributed by atoms with Gasteiger partial charge in [-0.25, -0.2) is 18.4 Å². The Morgan fingerprint density at radius 2 is 1.83 bits per heavy atom. The first kappa shape index (κ1) is 20.7. The number of ether oxygens (including phenoxy) is 1. The average molecular weight is 433 g/mol. The maximum absolute atomic E-state index is 13.1. The number of aryl methyl sites for hydroxylation is 3. The minimum absolute atomic E-state index is 0.0772. The van der Waals surface area contributed by atoms with Gasteiger partial charge in [-0.1, -0.05) is 18.2 Å². The molecule has 3 aromatic rings. The number of anilines is 2. The fourth-order valence-electron chi connectivity index (χ4n) is 2.72. The van der Waals surface area contributed by atoms with Gasteiger partial charge in [0.25, 0.3) is 15.9 Å². The quantitative estimate of drug-likeness (QED) is 0.617. The van der Waals surface area contributed by atoms with Gasteiger partial charge in [-0.05, 0) is 38.0 Å². The number of thiazole rings is 1. The molecular formula is C19H20N4O4S2. The molecule has 0 atom stereocenters. The van der Waals surface area contributed by atoms with Crippen LogP contribution in [0.2, 0.25) is 0 Å². The van der Waals surface area contributed by atoms with Crippen molar-refractivity contribution in [3.63, 3.8) is 0 Å². The third-order valence-electron chi connectivity index (χ3n) is 4.24. The van der Waals surface area contributed by atoms with Crippen molar-refractivity contribution in [2.45, 2.75) is 25.7 Å². The van der Waals surface area contributed by atoms with E-state index in [1.165, 1.54) is 30.7 Å². The Kier molecular flexibility index (Phi) is 5.85. The molecule has 152 valence electrons. The van der Waals surface area contributed by atoms with Crippen molar-refractivity contribution >= 4 is 38.6 Å². The third-order valence-corrected chi connectivity index (χ3v) is 6.34. The standard InChI is InChI=1S/C19H20N4O4S2/c1-11-6-5-7-12(2)16(11)23-29(25,26)15-8-14(9-20-19(15)27-4)22-18(24)17-13(3)28-10-21-17/h5-10,23H,1-4H3,(H,22,24). The molecule has 0 bridgehead atoms. The fourth-order valence-corrected chi connectivity index (χ4v) is 4.65. The number of benzene rings is 1. The molecule has 0 saturated carbocycles. The molecule has 1 amide bonds. The summed E-state index contributed by atoms with van der Waals surface area (Å²) in [7, 11) is -2.69. The van der Waals surface area contributed by atoms with Crippen LogP contribution in [-0.4, -0.2) is 31.4 Å². The number of pyridine rings is 1. The number of para-hydroxylation sites is 1. The van der Waals surface area contributed by atoms with Crippen LogP contribution in [0.1, 0.15) is 26.5 Å². The zero-order valence-electron chi connectivity index (χ0n) is 16.3. The monoisotopic (exact) mass is 432 g/mol. The Balaban J connectivity index is 1.96. The Labute approximate surface area is 173 Å². The summed E-state index contributed by atoms with van der Waals surface area (Å²) in [6.07, 6.45) is 1.33. The van der Waals surface area contributed by atoms with Gasteiger partial charge in [-0.2, -0.15) is 0 Å². The van der Waals surface area contributed by atoms with Gasteiger partial charge in [0, 0.05) is 4.88 Å². The Hall–Kier alpha value is -2.98. The van der Waals surface area contributed by atoms with Crippen molar-refractivity contribution in [2.24, 2.45) is 0 Å². The van der Waals surface area contributed by atoms with E-state index in [1.807, 2.05) is 32.0 Å². The van der Waals surface area contributed by atoms with Crippen molar-refractivity contribution < 1.29 is 17.9 Å². The Morgan fingerprint density at radius 1 is 1.14 bits per heavy atom. The number of hydrogen-bond acceptors (Lipinski definition) is 7. The molecule has 0 saturated heterocycles. The fraction of sp³-hybridized carbons (Fsp3) is 0.211. The molecule has 0 aliphatic carbocycles. The second-order valence-corrected chi connectivity index (χ2v) is 9.02. The molecule has 0 unspecified atom stereocenters. The lowest BCUT2D eigenvalue weighted by atomic mass is 10.1. The predicted octanol–water partition coefficient (Wildman–Crippen LogP) is 3.53. The average Bonchev–Trinajstić information content (AvgIpc) is 3.11. The first-order valence-corrected chi connectivity index (χ1v) is 10.9. The summed E-state index contributed by atoms with van der Waals surface area (Å²) in [6.45, 7) is 5.41. The molecule has 2 N–H and O–H groups in total. The van der Waals surface area contributed by atoms with Gasteiger partial charge in [0.2, 0.25) is 5.88 Å². The highest BCUT2D eigenvalue weighted by Crippen LogP contribution is 2.29. The molecule has 3 rings (SSSR count). The molecule has 29 heavy (non-hydrogen) atoms. The summed E-state index contributed by atoms with van der Waals surface area (Å²) in [5.74, 6) is -0.520. The van der Waals surface area contributed by atoms with Crippen molar-refractivity contribution in [1.29, 1.82) is 0 Å². The van der Waals surface area contributed by atoms with E-state index in [9.17, 15) is 13.2 Å². The number of carbonyl (C=O) groups excluding carboxylic acids is 1. The maximum atomic E-state index is 13.1. The minimum atomic E-state index is -4.02. The summed E-state index contributed by atoms with van der Waals surface area (Å²) >= 11 is 1.35. The summed E-state index contributed by atoms with van der Waals surface area (Å²) in [4.78, 5) is 21.0. The maximum Gasteiger partial charge on any atom is 0.275 e. The van der Waals surface area contributed by atoms with Crippen LogP contribution in [0.4, 0.5) is 11.4 Å². The minimum Gasteiger partial charge on any atom is -0.480 e. The van der Waals surface area contributed by atoms with Crippen LogP contribution in [0.15, 0.2) is 40.9 Å². The lowest BCUT2D eigenvalue weighted by molar-refractivity contribution is 0.102. The van der Waals surface area contributed by atoms with Crippen LogP contribution in [0.5, 0.6) is 5.88 Å². The summed E-state index contributed by atoms with van der Waals surface area (Å²) in [5.41, 5.74) is 4.12. The van der Waals surface area contributed by atoms with E-state index >= 15 is 0 Å². The first-order chi connectivity index (χ1) is 13.7. The largest absolute Gasteiger partial charge is 0.480 e. The Bertz CT molecular complexity index is 1150. The van der Waals surface area contributed by atoms with Crippen LogP contribution in [-0.2, 0) is 10.0 Å². The first-order valence-electron chi connectivity index (χ1n) is 8.57. The van der Waals surface area contributed by atoms with E-state index in [4.69, 9.17) is 4.74 Å². The third kappa shape index (κ3) is 4.38. The zero-order valence-corrected chi connectivity index (χ0v) is 17.9. The number of amides is 1. The van der Waals surface area contributed by atoms with Crippen LogP contribution >= 0.6 is 11.3 Å². The molecule has 0 aliphatic heterocycles. The molecule has 1 aromatic carbocycles. The number of rotatable bonds is 6. The van der Waals surface area contributed by atoms with E-state index in [2.05, 4.69) is 20.0 Å². The second-order valence-electron chi connectivity index (χ2n) is 6.31. The highest BCUT2D eigenvalue weighted by atomic mass is 32.2. The number of hydrogen-bond donors (Lipinski definition) is 2. The number of aromatic nitrogens is 2. The van der Waals surface area contributed by atoms with Crippen LogP contribution < -0.4 is 14.8 Å². The summed E-state index contributed by atoms with van der Waals surface area (Å²) in [5, 5.41) is 2.63. The van der Waals surface area contributed by atoms with Crippen molar-refractivity contribution in [2.75, 3.05) is 17.1 Å². The second kappa shape index (κ2) is 8.18. The lowest BCUT2D eigenvalue weighted by Crippen LogP contribution is -2.18. The van der Waals surface area contributed by atoms with Gasteiger partial charge in [0.1, 0.15) is 5.69 Å². The van der Waals surface area contributed by atoms with Crippen LogP contribution in [0.3, 0.4) is 0 Å². The zero-order chi connectivity index (χ0) is 21.2. The highest BCUT2D eigenvalue weighted by Gasteiger charge is 2.24. The lowest BCUT2D eigenvalue weighted by Gasteiger charge is -2.15. The summed E-state index contributed by atoms with van der Waals surface area (Å²) < 4.78 is 33.8. The normalized spacial score (nSPS) is 11.2. The molecule has 2 heterocycles. The predicted molar refractivity (Wildman–Crippen MR) is 112 cm³/mol. The van der Waals surface area contributed by atoms with E-state index in [0.29, 0.717) is 5.69 Å². The molecule has 2 aromatic heterocycles. The molecule has 0 spiro atoms. The smallest absolute Gasteiger partial charge is 0.275 e. The molecule has 0 radical (unpaired) electrons. The van der Waals surface area contributed by atoms with Gasteiger partial charge < -0.3 is 10.1 Å². The van der Waals surface area contributed by atoms with Crippen LogP contribution in [0, 0.1) is 20.8 Å². The topological polar surface area (TPSA) is 110 Å². The van der Waals surface area contributed by atoms with Gasteiger partial charge in [0.05, 0.1) is 30.2 Å². The highest BCUT2D eigenvalue weighted by molar-refractivity contribution is 7.92. The van der Waals surface area contributed by atoms with E-state index in [-0.39, 0.29) is 22.2 Å². The van der Waals surface area contributed by atoms with Gasteiger partial charge in [0.15, 0.2) is 4.90 Å². The van der Waals surface area contributed by atoms with Gasteiger partial charge in [-0.15, -0.1) is 11.3 Å². The van der Waals surface area contributed by atoms with Crippen molar-refractivity contribution in [1.82, 2.24) is 9.97 Å². The molecule has 0 aliphatic rings. The van der Waals surface area contributed by atoms with Crippen LogP contribution in [0.25, 0.3) is 0 Å². The SMILES string of the molecule is COc1ncc(NC(=O)c2ncsc2C)cc1S(=O)(=O)Nc1c(C)cccc1C. The number of carbonyl (C=O) groups is 1. The molecule has 10 heteroatoms. The number of nitrogens with zero attached hydrogens (tertiary/aromatic N) is 2. The number of nitrogens with one attached hydrogen (secondary N) is 2. The van der Waals surface area contributed by atoms with E-state index in [1.54, 1.807) is 12.4 Å². The summed E-state index contributed by atoms with van der Waals surface area (Å²) in [6, 6.07) is 6.78. The molecule has 8 nitrogen and oxygen atoms in total. The number of sulfonamides is 1. The van der Waals surface area contributed by atoms with Crippen molar-refractivity contribution in [3.8, 4) is 5.88 Å². The van der Waals surface area contributed by atoms with Crippen molar-refractivity contribution in [3.05, 3.63) is 57.7 Å². The Morgan fingerprint density at radius 3 is 2.41 bits per heavy atom. The van der Waals surface area contributed by atoms with Gasteiger partial charge >= 0.3 is 0 Å². The van der Waals surface area contributed by atoms with E-state index in [0.717, 1.165) is 16.0 Å². The van der Waals surface area contributed by atoms with Gasteiger partial charge in [-0.3, -0.25) is 9.52 Å².